The molecule has 2 saturated heterocycles. The second kappa shape index (κ2) is 5.46. The van der Waals surface area contributed by atoms with Crippen molar-refractivity contribution in [3.8, 4) is 0 Å². The quantitative estimate of drug-likeness (QED) is 0.752. The third kappa shape index (κ3) is 3.06. The second-order valence-corrected chi connectivity index (χ2v) is 5.71. The Bertz CT molecular complexity index is 370. The van der Waals surface area contributed by atoms with E-state index in [-0.39, 0.29) is 18.0 Å². The summed E-state index contributed by atoms with van der Waals surface area (Å²) in [5.74, 6) is -0.141. The second-order valence-electron chi connectivity index (χ2n) is 5.71. The molecule has 2 aliphatic rings. The van der Waals surface area contributed by atoms with E-state index >= 15 is 0 Å². The smallest absolute Gasteiger partial charge is 0.325 e. The van der Waals surface area contributed by atoms with Gasteiger partial charge in [0.05, 0.1) is 12.7 Å². The molecule has 2 rings (SSSR count). The molecule has 6 heteroatoms. The first-order chi connectivity index (χ1) is 8.94. The van der Waals surface area contributed by atoms with Crippen LogP contribution in [-0.2, 0) is 9.53 Å². The molecule has 2 heterocycles. The predicted octanol–water partition coefficient (Wildman–Crippen LogP) is 0.428. The summed E-state index contributed by atoms with van der Waals surface area (Å²) in [6.07, 6.45) is 1.26. The molecule has 108 valence electrons. The molecule has 19 heavy (non-hydrogen) atoms. The zero-order chi connectivity index (χ0) is 14.0. The van der Waals surface area contributed by atoms with Crippen molar-refractivity contribution >= 4 is 11.9 Å². The molecule has 1 unspecified atom stereocenters. The van der Waals surface area contributed by atoms with Crippen molar-refractivity contribution in [3.63, 3.8) is 0 Å². The molecule has 0 radical (unpaired) electrons. The minimum absolute atomic E-state index is 0.141. The van der Waals surface area contributed by atoms with Gasteiger partial charge in [0.2, 0.25) is 0 Å². The lowest BCUT2D eigenvalue weighted by atomic mass is 10.1. The van der Waals surface area contributed by atoms with E-state index < -0.39 is 5.54 Å². The summed E-state index contributed by atoms with van der Waals surface area (Å²) in [6, 6.07) is -0.282. The highest BCUT2D eigenvalue weighted by molar-refractivity contribution is 6.06. The Labute approximate surface area is 114 Å². The molecule has 1 atom stereocenters. The highest BCUT2D eigenvalue weighted by Gasteiger charge is 2.44. The minimum Gasteiger partial charge on any atom is -0.376 e. The molecule has 2 aliphatic heterocycles. The molecular formula is C13H23N3O3. The van der Waals surface area contributed by atoms with Crippen molar-refractivity contribution in [1.29, 1.82) is 0 Å². The van der Waals surface area contributed by atoms with Crippen LogP contribution >= 0.6 is 0 Å². The standard InChI is InChI=1S/C13H23N3O3/c1-4-10-9-15(7-8-19-10)5-6-16-11(17)13(2,3)14-12(16)18/h10H,4-9H2,1-3H3,(H,14,18). The van der Waals surface area contributed by atoms with Gasteiger partial charge < -0.3 is 10.1 Å². The number of carbonyl (C=O) groups is 2. The monoisotopic (exact) mass is 269 g/mol. The molecule has 0 aliphatic carbocycles. The van der Waals surface area contributed by atoms with E-state index in [0.29, 0.717) is 6.54 Å². The van der Waals surface area contributed by atoms with Crippen LogP contribution in [0, 0.1) is 0 Å². The van der Waals surface area contributed by atoms with Gasteiger partial charge in [-0.3, -0.25) is 14.6 Å². The first kappa shape index (κ1) is 14.3. The first-order valence-corrected chi connectivity index (χ1v) is 6.92. The van der Waals surface area contributed by atoms with Crippen LogP contribution in [-0.4, -0.2) is 66.2 Å². The van der Waals surface area contributed by atoms with Gasteiger partial charge in [0.25, 0.3) is 5.91 Å². The van der Waals surface area contributed by atoms with E-state index in [1.54, 1.807) is 13.8 Å². The molecule has 1 N–H and O–H groups in total. The number of nitrogens with zero attached hydrogens (tertiary/aromatic N) is 2. The number of hydrogen-bond donors (Lipinski definition) is 1. The number of ether oxygens (including phenoxy) is 1. The van der Waals surface area contributed by atoms with Crippen molar-refractivity contribution in [2.24, 2.45) is 0 Å². The van der Waals surface area contributed by atoms with Gasteiger partial charge in [-0.1, -0.05) is 6.92 Å². The molecule has 6 nitrogen and oxygen atoms in total. The van der Waals surface area contributed by atoms with Gasteiger partial charge in [-0.15, -0.1) is 0 Å². The highest BCUT2D eigenvalue weighted by atomic mass is 16.5. The lowest BCUT2D eigenvalue weighted by Crippen LogP contribution is -2.46. The topological polar surface area (TPSA) is 61.9 Å². The number of carbonyl (C=O) groups excluding carboxylic acids is 2. The summed E-state index contributed by atoms with van der Waals surface area (Å²) in [5.41, 5.74) is -0.770. The summed E-state index contributed by atoms with van der Waals surface area (Å²) in [5, 5.41) is 2.69. The molecule has 2 fully saturated rings. The maximum atomic E-state index is 12.0. The van der Waals surface area contributed by atoms with Crippen LogP contribution < -0.4 is 5.32 Å². The van der Waals surface area contributed by atoms with Gasteiger partial charge in [-0.05, 0) is 20.3 Å². The van der Waals surface area contributed by atoms with Gasteiger partial charge in [-0.2, -0.15) is 0 Å². The number of morpholine rings is 1. The van der Waals surface area contributed by atoms with Crippen LogP contribution in [0.3, 0.4) is 0 Å². The van der Waals surface area contributed by atoms with Gasteiger partial charge in [0.15, 0.2) is 0 Å². The molecule has 3 amide bonds. The van der Waals surface area contributed by atoms with Crippen molar-refractivity contribution in [2.45, 2.75) is 38.8 Å². The highest BCUT2D eigenvalue weighted by Crippen LogP contribution is 2.16. The molecule has 0 aromatic heterocycles. The van der Waals surface area contributed by atoms with E-state index in [1.165, 1.54) is 4.90 Å². The molecule has 0 spiro atoms. The Morgan fingerprint density at radius 1 is 1.37 bits per heavy atom. The van der Waals surface area contributed by atoms with E-state index in [1.807, 2.05) is 0 Å². The average Bonchev–Trinajstić information content (AvgIpc) is 2.57. The lowest BCUT2D eigenvalue weighted by molar-refractivity contribution is -0.130. The predicted molar refractivity (Wildman–Crippen MR) is 70.8 cm³/mol. The van der Waals surface area contributed by atoms with Crippen molar-refractivity contribution in [3.05, 3.63) is 0 Å². The van der Waals surface area contributed by atoms with Gasteiger partial charge in [-0.25, -0.2) is 4.79 Å². The Kier molecular flexibility index (Phi) is 4.10. The SMILES string of the molecule is CCC1CN(CCN2C(=O)NC(C)(C)C2=O)CCO1. The fourth-order valence-corrected chi connectivity index (χ4v) is 2.49. The number of hydrogen-bond acceptors (Lipinski definition) is 4. The van der Waals surface area contributed by atoms with Crippen LogP contribution in [0.2, 0.25) is 0 Å². The van der Waals surface area contributed by atoms with Gasteiger partial charge in [0, 0.05) is 26.2 Å². The average molecular weight is 269 g/mol. The largest absolute Gasteiger partial charge is 0.376 e. The number of amides is 3. The third-order valence-corrected chi connectivity index (χ3v) is 3.76. The van der Waals surface area contributed by atoms with Gasteiger partial charge >= 0.3 is 6.03 Å². The summed E-state index contributed by atoms with van der Waals surface area (Å²) >= 11 is 0. The summed E-state index contributed by atoms with van der Waals surface area (Å²) in [7, 11) is 0. The normalized spacial score (nSPS) is 27.7. The van der Waals surface area contributed by atoms with Crippen LogP contribution in [0.15, 0.2) is 0 Å². The van der Waals surface area contributed by atoms with E-state index in [2.05, 4.69) is 17.1 Å². The van der Waals surface area contributed by atoms with Crippen LogP contribution in [0.4, 0.5) is 4.79 Å². The third-order valence-electron chi connectivity index (χ3n) is 3.76. The zero-order valence-corrected chi connectivity index (χ0v) is 11.9. The van der Waals surface area contributed by atoms with Crippen LogP contribution in [0.25, 0.3) is 0 Å². The Hall–Kier alpha value is -1.14. The van der Waals surface area contributed by atoms with Gasteiger partial charge in [0.1, 0.15) is 5.54 Å². The fraction of sp³-hybridized carbons (Fsp3) is 0.846. The Morgan fingerprint density at radius 2 is 2.11 bits per heavy atom. The summed E-state index contributed by atoms with van der Waals surface area (Å²) in [4.78, 5) is 27.3. The van der Waals surface area contributed by atoms with E-state index in [0.717, 1.165) is 32.7 Å². The number of urea groups is 1. The fourth-order valence-electron chi connectivity index (χ4n) is 2.49. The molecule has 0 aromatic rings. The summed E-state index contributed by atoms with van der Waals surface area (Å²) in [6.45, 7) is 9.20. The Morgan fingerprint density at radius 3 is 2.68 bits per heavy atom. The zero-order valence-electron chi connectivity index (χ0n) is 11.9. The van der Waals surface area contributed by atoms with E-state index in [9.17, 15) is 9.59 Å². The van der Waals surface area contributed by atoms with E-state index in [4.69, 9.17) is 4.74 Å². The number of nitrogens with one attached hydrogen (secondary N) is 1. The first-order valence-electron chi connectivity index (χ1n) is 6.92. The Balaban J connectivity index is 1.85. The molecular weight excluding hydrogens is 246 g/mol. The lowest BCUT2D eigenvalue weighted by Gasteiger charge is -2.33. The van der Waals surface area contributed by atoms with Crippen molar-refractivity contribution < 1.29 is 14.3 Å². The molecule has 0 aromatic carbocycles. The minimum atomic E-state index is -0.770. The maximum absolute atomic E-state index is 12.0. The molecule has 0 bridgehead atoms. The number of rotatable bonds is 4. The number of imide groups is 1. The molecule has 0 saturated carbocycles. The van der Waals surface area contributed by atoms with Crippen molar-refractivity contribution in [1.82, 2.24) is 15.1 Å². The van der Waals surface area contributed by atoms with Crippen LogP contribution in [0.5, 0.6) is 0 Å². The summed E-state index contributed by atoms with van der Waals surface area (Å²) < 4.78 is 5.60. The maximum Gasteiger partial charge on any atom is 0.325 e. The van der Waals surface area contributed by atoms with Crippen molar-refractivity contribution in [2.75, 3.05) is 32.8 Å². The van der Waals surface area contributed by atoms with Crippen LogP contribution in [0.1, 0.15) is 27.2 Å².